The molecule has 0 saturated carbocycles. The third kappa shape index (κ3) is 6.23. The number of nitrogens with one attached hydrogen (secondary N) is 2. The number of nitrogens with zero attached hydrogens (tertiary/aromatic N) is 6. The van der Waals surface area contributed by atoms with Crippen molar-refractivity contribution in [2.75, 3.05) is 28.6 Å². The number of β-amino-alcohol motifs (C(OH)–C–C–N with tert-alkyl or cyclic N) is 1. The van der Waals surface area contributed by atoms with Gasteiger partial charge in [-0.2, -0.15) is 41.3 Å². The number of hydrogen-bond acceptors (Lipinski definition) is 9. The van der Waals surface area contributed by atoms with Crippen LogP contribution in [0.1, 0.15) is 24.2 Å². The summed E-state index contributed by atoms with van der Waals surface area (Å²) in [5.41, 5.74) is -2.27. The van der Waals surface area contributed by atoms with Crippen LogP contribution in [0.15, 0.2) is 36.4 Å². The molecule has 0 bridgehead atoms. The Morgan fingerprint density at radius 3 is 1.74 bits per heavy atom. The quantitative estimate of drug-likeness (QED) is 0.445. The fourth-order valence-corrected chi connectivity index (χ4v) is 3.31. The summed E-state index contributed by atoms with van der Waals surface area (Å²) >= 11 is 0. The highest BCUT2D eigenvalue weighted by atomic mass is 19.4. The van der Waals surface area contributed by atoms with E-state index in [0.717, 1.165) is 24.3 Å². The maximum absolute atomic E-state index is 13.0. The Labute approximate surface area is 194 Å². The number of aliphatic hydroxyl groups excluding tert-OH is 1. The number of aromatic nitrogens is 5. The minimum absolute atomic E-state index is 0.0581. The zero-order valence-corrected chi connectivity index (χ0v) is 17.8. The van der Waals surface area contributed by atoms with Crippen molar-refractivity contribution in [1.82, 2.24) is 24.9 Å². The number of anilines is 5. The smallest absolute Gasteiger partial charge is 0.391 e. The van der Waals surface area contributed by atoms with E-state index in [4.69, 9.17) is 0 Å². The number of rotatable bonds is 5. The van der Waals surface area contributed by atoms with Crippen molar-refractivity contribution in [3.8, 4) is 0 Å². The summed E-state index contributed by atoms with van der Waals surface area (Å²) in [5, 5.41) is 15.1. The molecule has 1 aliphatic heterocycles. The SMILES string of the molecule is OC1CCCN(c2nc(Nc3cccc(C(F)(F)F)n3)nc(Nc3cccc(C(F)(F)F)n3)n2)C1. The van der Waals surface area contributed by atoms with Gasteiger partial charge in [-0.1, -0.05) is 12.1 Å². The molecule has 1 atom stereocenters. The van der Waals surface area contributed by atoms with Gasteiger partial charge in [-0.25, -0.2) is 9.97 Å². The van der Waals surface area contributed by atoms with Crippen molar-refractivity contribution in [3.05, 3.63) is 47.8 Å². The first-order valence-corrected chi connectivity index (χ1v) is 10.3. The van der Waals surface area contributed by atoms with Crippen LogP contribution in [0.5, 0.6) is 0 Å². The minimum Gasteiger partial charge on any atom is -0.391 e. The Balaban J connectivity index is 1.67. The maximum atomic E-state index is 13.0. The Bertz CT molecular complexity index is 1110. The zero-order valence-electron chi connectivity index (χ0n) is 17.8. The molecular formula is C20H18F6N8O. The molecule has 35 heavy (non-hydrogen) atoms. The van der Waals surface area contributed by atoms with E-state index in [0.29, 0.717) is 19.4 Å². The lowest BCUT2D eigenvalue weighted by Crippen LogP contribution is -2.39. The fraction of sp³-hybridized carbons (Fsp3) is 0.350. The Hall–Kier alpha value is -3.75. The molecule has 0 spiro atoms. The van der Waals surface area contributed by atoms with Gasteiger partial charge in [0.2, 0.25) is 17.8 Å². The molecule has 1 saturated heterocycles. The van der Waals surface area contributed by atoms with Gasteiger partial charge < -0.3 is 20.6 Å². The minimum atomic E-state index is -4.67. The van der Waals surface area contributed by atoms with Gasteiger partial charge in [0.15, 0.2) is 0 Å². The van der Waals surface area contributed by atoms with Crippen molar-refractivity contribution >= 4 is 29.5 Å². The van der Waals surface area contributed by atoms with Crippen LogP contribution in [-0.4, -0.2) is 49.2 Å². The predicted molar refractivity (Wildman–Crippen MR) is 112 cm³/mol. The summed E-state index contributed by atoms with van der Waals surface area (Å²) < 4.78 is 78.1. The van der Waals surface area contributed by atoms with E-state index < -0.39 is 29.8 Å². The van der Waals surface area contributed by atoms with Crippen LogP contribution in [0, 0.1) is 0 Å². The number of pyridine rings is 2. The lowest BCUT2D eigenvalue weighted by atomic mass is 10.1. The summed E-state index contributed by atoms with van der Waals surface area (Å²) in [7, 11) is 0. The van der Waals surface area contributed by atoms with E-state index in [9.17, 15) is 31.4 Å². The van der Waals surface area contributed by atoms with Crippen LogP contribution in [0.3, 0.4) is 0 Å². The summed E-state index contributed by atoms with van der Waals surface area (Å²) in [6.07, 6.45) is -8.80. The van der Waals surface area contributed by atoms with Crippen LogP contribution in [0.25, 0.3) is 0 Å². The second-order valence-corrected chi connectivity index (χ2v) is 7.59. The molecule has 1 fully saturated rings. The van der Waals surface area contributed by atoms with Crippen molar-refractivity contribution in [2.24, 2.45) is 0 Å². The normalized spacial score (nSPS) is 16.8. The maximum Gasteiger partial charge on any atom is 0.433 e. The van der Waals surface area contributed by atoms with Gasteiger partial charge in [-0.15, -0.1) is 0 Å². The Kier molecular flexibility index (Phi) is 6.60. The standard InChI is InChI=1S/C20H18F6N8O/c21-19(22,23)12-5-1-7-14(27-12)29-16-31-17(30-15-8-2-6-13(28-15)20(24,25)26)33-18(32-16)34-9-3-4-11(35)10-34/h1-2,5-8,11,35H,3-4,9-10H2,(H2,27,28,29,30,31,32,33). The molecule has 4 rings (SSSR count). The highest BCUT2D eigenvalue weighted by molar-refractivity contribution is 5.56. The van der Waals surface area contributed by atoms with Crippen LogP contribution in [-0.2, 0) is 12.4 Å². The molecule has 3 aromatic rings. The van der Waals surface area contributed by atoms with Gasteiger partial charge in [0, 0.05) is 13.1 Å². The van der Waals surface area contributed by atoms with Gasteiger partial charge in [0.05, 0.1) is 6.10 Å². The lowest BCUT2D eigenvalue weighted by molar-refractivity contribution is -0.141. The molecule has 15 heteroatoms. The van der Waals surface area contributed by atoms with Gasteiger partial charge in [-0.3, -0.25) is 0 Å². The molecule has 186 valence electrons. The first-order valence-electron chi connectivity index (χ1n) is 10.3. The Morgan fingerprint density at radius 1 is 0.771 bits per heavy atom. The van der Waals surface area contributed by atoms with E-state index in [-0.39, 0.29) is 36.0 Å². The van der Waals surface area contributed by atoms with E-state index in [1.54, 1.807) is 4.90 Å². The molecule has 3 aromatic heterocycles. The highest BCUT2D eigenvalue weighted by Gasteiger charge is 2.33. The second kappa shape index (κ2) is 9.48. The van der Waals surface area contributed by atoms with E-state index in [2.05, 4.69) is 35.6 Å². The van der Waals surface area contributed by atoms with Crippen LogP contribution >= 0.6 is 0 Å². The first kappa shape index (κ1) is 24.4. The van der Waals surface area contributed by atoms with E-state index >= 15 is 0 Å². The largest absolute Gasteiger partial charge is 0.433 e. The molecule has 4 heterocycles. The number of piperidine rings is 1. The van der Waals surface area contributed by atoms with Gasteiger partial charge >= 0.3 is 12.4 Å². The monoisotopic (exact) mass is 500 g/mol. The average Bonchev–Trinajstić information content (AvgIpc) is 2.78. The van der Waals surface area contributed by atoms with E-state index in [1.165, 1.54) is 12.1 Å². The van der Waals surface area contributed by atoms with Crippen LogP contribution < -0.4 is 15.5 Å². The third-order valence-corrected chi connectivity index (χ3v) is 4.86. The average molecular weight is 500 g/mol. The number of alkyl halides is 6. The van der Waals surface area contributed by atoms with Crippen LogP contribution in [0.4, 0.5) is 55.8 Å². The highest BCUT2D eigenvalue weighted by Crippen LogP contribution is 2.30. The summed E-state index contributed by atoms with van der Waals surface area (Å²) in [4.78, 5) is 21.1. The number of hydrogen-bond donors (Lipinski definition) is 3. The molecule has 3 N–H and O–H groups in total. The predicted octanol–water partition coefficient (Wildman–Crippen LogP) is 4.15. The van der Waals surface area contributed by atoms with Gasteiger partial charge in [-0.05, 0) is 37.1 Å². The number of halogens is 6. The lowest BCUT2D eigenvalue weighted by Gasteiger charge is -2.30. The van der Waals surface area contributed by atoms with Gasteiger partial charge in [0.25, 0.3) is 0 Å². The summed E-state index contributed by atoms with van der Waals surface area (Å²) in [6.45, 7) is 0.663. The summed E-state index contributed by atoms with van der Waals surface area (Å²) in [6, 6.07) is 6.42. The van der Waals surface area contributed by atoms with Gasteiger partial charge in [0.1, 0.15) is 23.0 Å². The Morgan fingerprint density at radius 2 is 1.29 bits per heavy atom. The molecule has 9 nitrogen and oxygen atoms in total. The number of aliphatic hydroxyl groups is 1. The van der Waals surface area contributed by atoms with Crippen molar-refractivity contribution < 1.29 is 31.4 Å². The van der Waals surface area contributed by atoms with E-state index in [1.807, 2.05) is 0 Å². The van der Waals surface area contributed by atoms with Crippen LogP contribution in [0.2, 0.25) is 0 Å². The zero-order chi connectivity index (χ0) is 25.2. The topological polar surface area (TPSA) is 112 Å². The van der Waals surface area contributed by atoms with Crippen molar-refractivity contribution in [2.45, 2.75) is 31.3 Å². The summed E-state index contributed by atoms with van der Waals surface area (Å²) in [5.74, 6) is -0.784. The van der Waals surface area contributed by atoms with Crippen molar-refractivity contribution in [3.63, 3.8) is 0 Å². The molecule has 0 aliphatic carbocycles. The molecule has 1 unspecified atom stereocenters. The third-order valence-electron chi connectivity index (χ3n) is 4.86. The fourth-order valence-electron chi connectivity index (χ4n) is 3.31. The first-order chi connectivity index (χ1) is 16.5. The molecule has 1 aliphatic rings. The molecule has 0 amide bonds. The molecule has 0 aromatic carbocycles. The molecular weight excluding hydrogens is 482 g/mol. The molecule has 0 radical (unpaired) electrons. The van der Waals surface area contributed by atoms with Crippen molar-refractivity contribution in [1.29, 1.82) is 0 Å². The second-order valence-electron chi connectivity index (χ2n) is 7.59.